The van der Waals surface area contributed by atoms with Crippen LogP contribution in [-0.4, -0.2) is 20.6 Å². The molecule has 1 N–H and O–H groups in total. The molecule has 2 heteroatoms. The van der Waals surface area contributed by atoms with E-state index in [0.29, 0.717) is 0 Å². The van der Waals surface area contributed by atoms with Gasteiger partial charge in [-0.25, -0.2) is 0 Å². The Labute approximate surface area is 93.3 Å². The first-order valence-corrected chi connectivity index (χ1v) is 5.62. The third kappa shape index (κ3) is 3.56. The van der Waals surface area contributed by atoms with Crippen LogP contribution in [0.5, 0.6) is 0 Å². The minimum Gasteiger partial charge on any atom is -0.377 e. The monoisotopic (exact) mass is 206 g/mol. The van der Waals surface area contributed by atoms with Crippen LogP contribution < -0.4 is 10.2 Å². The molecule has 0 atom stereocenters. The Balaban J connectivity index is 2.77. The quantitative estimate of drug-likeness (QED) is 0.745. The molecule has 0 fully saturated rings. The molecule has 0 saturated carbocycles. The molecule has 0 saturated heterocycles. The number of nitrogens with one attached hydrogen (secondary N) is 1. The molecule has 0 unspecified atom stereocenters. The van der Waals surface area contributed by atoms with Gasteiger partial charge in [0.15, 0.2) is 0 Å². The predicted octanol–water partition coefficient (Wildman–Crippen LogP) is 2.56. The lowest BCUT2D eigenvalue weighted by Gasteiger charge is -2.18. The Bertz CT molecular complexity index is 305. The topological polar surface area (TPSA) is 15.3 Å². The van der Waals surface area contributed by atoms with Crippen molar-refractivity contribution in [1.29, 1.82) is 0 Å². The summed E-state index contributed by atoms with van der Waals surface area (Å²) in [4.78, 5) is 2.17. The number of nitrogens with zero attached hydrogens (tertiary/aromatic N) is 1. The van der Waals surface area contributed by atoms with Crippen molar-refractivity contribution >= 4 is 5.69 Å². The third-order valence-electron chi connectivity index (χ3n) is 2.46. The maximum Gasteiger partial charge on any atom is 0.0406 e. The van der Waals surface area contributed by atoms with Crippen LogP contribution in [0.25, 0.3) is 0 Å². The molecule has 0 bridgehead atoms. The van der Waals surface area contributed by atoms with E-state index in [1.165, 1.54) is 23.2 Å². The molecular weight excluding hydrogens is 184 g/mol. The first-order chi connectivity index (χ1) is 7.15. The molecule has 15 heavy (non-hydrogen) atoms. The molecule has 2 nitrogen and oxygen atoms in total. The van der Waals surface area contributed by atoms with Gasteiger partial charge in [-0.3, -0.25) is 0 Å². The Morgan fingerprint density at radius 2 is 2.00 bits per heavy atom. The smallest absolute Gasteiger partial charge is 0.0406 e. The molecular formula is C13H22N2. The molecule has 0 heterocycles. The van der Waals surface area contributed by atoms with Crippen molar-refractivity contribution in [1.82, 2.24) is 5.32 Å². The van der Waals surface area contributed by atoms with Gasteiger partial charge in [0, 0.05) is 26.3 Å². The van der Waals surface area contributed by atoms with Crippen molar-refractivity contribution in [3.8, 4) is 0 Å². The molecule has 0 amide bonds. The number of benzene rings is 1. The summed E-state index contributed by atoms with van der Waals surface area (Å²) in [5.41, 5.74) is 4.02. The van der Waals surface area contributed by atoms with E-state index in [4.69, 9.17) is 0 Å². The van der Waals surface area contributed by atoms with Gasteiger partial charge in [0.25, 0.3) is 0 Å². The summed E-state index contributed by atoms with van der Waals surface area (Å²) >= 11 is 0. The van der Waals surface area contributed by atoms with Gasteiger partial charge in [0.1, 0.15) is 0 Å². The minimum absolute atomic E-state index is 0.961. The fourth-order valence-corrected chi connectivity index (χ4v) is 1.69. The molecule has 1 rings (SSSR count). The summed E-state index contributed by atoms with van der Waals surface area (Å²) in [6, 6.07) is 6.62. The average Bonchev–Trinajstić information content (AvgIpc) is 2.18. The SMILES string of the molecule is CCCNCc1cc(C)ccc1N(C)C. The lowest BCUT2D eigenvalue weighted by molar-refractivity contribution is 0.674. The highest BCUT2D eigenvalue weighted by molar-refractivity contribution is 5.53. The van der Waals surface area contributed by atoms with E-state index in [-0.39, 0.29) is 0 Å². The van der Waals surface area contributed by atoms with Gasteiger partial charge in [-0.2, -0.15) is 0 Å². The van der Waals surface area contributed by atoms with Crippen LogP contribution in [0.4, 0.5) is 5.69 Å². The van der Waals surface area contributed by atoms with Gasteiger partial charge in [-0.1, -0.05) is 24.6 Å². The molecule has 0 radical (unpaired) electrons. The Hall–Kier alpha value is -1.02. The van der Waals surface area contributed by atoms with Crippen molar-refractivity contribution in [2.24, 2.45) is 0 Å². The molecule has 0 aliphatic carbocycles. The Morgan fingerprint density at radius 3 is 2.60 bits per heavy atom. The second-order valence-electron chi connectivity index (χ2n) is 4.20. The lowest BCUT2D eigenvalue weighted by atomic mass is 10.1. The summed E-state index contributed by atoms with van der Waals surface area (Å²) < 4.78 is 0. The molecule has 0 aliphatic rings. The summed E-state index contributed by atoms with van der Waals surface area (Å²) in [5, 5.41) is 3.45. The lowest BCUT2D eigenvalue weighted by Crippen LogP contribution is -2.18. The largest absolute Gasteiger partial charge is 0.377 e. The number of aryl methyl sites for hydroxylation is 1. The van der Waals surface area contributed by atoms with Crippen LogP contribution >= 0.6 is 0 Å². The molecule has 84 valence electrons. The molecule has 0 aromatic heterocycles. The fourth-order valence-electron chi connectivity index (χ4n) is 1.69. The molecule has 0 aliphatic heterocycles. The van der Waals surface area contributed by atoms with E-state index in [9.17, 15) is 0 Å². The zero-order valence-electron chi connectivity index (χ0n) is 10.3. The van der Waals surface area contributed by atoms with E-state index in [1.54, 1.807) is 0 Å². The number of anilines is 1. The van der Waals surface area contributed by atoms with Crippen LogP contribution in [0.3, 0.4) is 0 Å². The Morgan fingerprint density at radius 1 is 1.27 bits per heavy atom. The van der Waals surface area contributed by atoms with Crippen LogP contribution in [0.2, 0.25) is 0 Å². The van der Waals surface area contributed by atoms with Gasteiger partial charge in [0.2, 0.25) is 0 Å². The van der Waals surface area contributed by atoms with Crippen molar-refractivity contribution in [3.05, 3.63) is 29.3 Å². The number of hydrogen-bond donors (Lipinski definition) is 1. The van der Waals surface area contributed by atoms with Crippen LogP contribution in [0.15, 0.2) is 18.2 Å². The van der Waals surface area contributed by atoms with Gasteiger partial charge in [0.05, 0.1) is 0 Å². The first-order valence-electron chi connectivity index (χ1n) is 5.62. The van der Waals surface area contributed by atoms with Gasteiger partial charge in [-0.15, -0.1) is 0 Å². The predicted molar refractivity (Wildman–Crippen MR) is 67.5 cm³/mol. The highest BCUT2D eigenvalue weighted by Crippen LogP contribution is 2.19. The highest BCUT2D eigenvalue weighted by atomic mass is 15.1. The second-order valence-corrected chi connectivity index (χ2v) is 4.20. The maximum absolute atomic E-state index is 3.45. The van der Waals surface area contributed by atoms with Crippen LogP contribution in [0, 0.1) is 6.92 Å². The molecule has 1 aromatic rings. The van der Waals surface area contributed by atoms with E-state index in [0.717, 1.165) is 13.1 Å². The Kier molecular flexibility index (Phi) is 4.63. The molecule has 1 aromatic carbocycles. The molecule has 0 spiro atoms. The van der Waals surface area contributed by atoms with E-state index in [1.807, 2.05) is 0 Å². The highest BCUT2D eigenvalue weighted by Gasteiger charge is 2.03. The van der Waals surface area contributed by atoms with E-state index >= 15 is 0 Å². The van der Waals surface area contributed by atoms with E-state index in [2.05, 4.69) is 56.4 Å². The summed E-state index contributed by atoms with van der Waals surface area (Å²) in [7, 11) is 4.18. The summed E-state index contributed by atoms with van der Waals surface area (Å²) in [6.07, 6.45) is 1.18. The zero-order chi connectivity index (χ0) is 11.3. The van der Waals surface area contributed by atoms with Gasteiger partial charge < -0.3 is 10.2 Å². The zero-order valence-corrected chi connectivity index (χ0v) is 10.3. The van der Waals surface area contributed by atoms with Gasteiger partial charge >= 0.3 is 0 Å². The third-order valence-corrected chi connectivity index (χ3v) is 2.46. The maximum atomic E-state index is 3.45. The second kappa shape index (κ2) is 5.76. The summed E-state index contributed by atoms with van der Waals surface area (Å²) in [5.74, 6) is 0. The minimum atomic E-state index is 0.961. The van der Waals surface area contributed by atoms with Crippen molar-refractivity contribution in [2.45, 2.75) is 26.8 Å². The van der Waals surface area contributed by atoms with Crippen LogP contribution in [0.1, 0.15) is 24.5 Å². The van der Waals surface area contributed by atoms with Crippen LogP contribution in [-0.2, 0) is 6.54 Å². The van der Waals surface area contributed by atoms with Crippen molar-refractivity contribution in [3.63, 3.8) is 0 Å². The number of hydrogen-bond acceptors (Lipinski definition) is 2. The first kappa shape index (κ1) is 12.1. The summed E-state index contributed by atoms with van der Waals surface area (Å²) in [6.45, 7) is 6.38. The van der Waals surface area contributed by atoms with E-state index < -0.39 is 0 Å². The number of rotatable bonds is 5. The van der Waals surface area contributed by atoms with Gasteiger partial charge in [-0.05, 0) is 31.5 Å². The fraction of sp³-hybridized carbons (Fsp3) is 0.538. The normalized spacial score (nSPS) is 10.4. The average molecular weight is 206 g/mol. The van der Waals surface area contributed by atoms with Crippen molar-refractivity contribution in [2.75, 3.05) is 25.5 Å². The standard InChI is InChI=1S/C13H22N2/c1-5-8-14-10-12-9-11(2)6-7-13(12)15(3)4/h6-7,9,14H,5,8,10H2,1-4H3. The van der Waals surface area contributed by atoms with Crippen molar-refractivity contribution < 1.29 is 0 Å².